The highest BCUT2D eigenvalue weighted by Gasteiger charge is 2.22. The Morgan fingerprint density at radius 3 is 2.90 bits per heavy atom. The Kier molecular flexibility index (Phi) is 3.69. The van der Waals surface area contributed by atoms with Gasteiger partial charge in [-0.1, -0.05) is 0 Å². The van der Waals surface area contributed by atoms with Gasteiger partial charge >= 0.3 is 0 Å². The monoisotopic (exact) mass is 273 g/mol. The lowest BCUT2D eigenvalue weighted by Gasteiger charge is -2.27. The van der Waals surface area contributed by atoms with E-state index in [1.54, 1.807) is 6.20 Å². The number of aromatic amines is 1. The Morgan fingerprint density at radius 2 is 2.15 bits per heavy atom. The molecule has 1 aliphatic carbocycles. The summed E-state index contributed by atoms with van der Waals surface area (Å²) in [6.07, 6.45) is 5.60. The molecule has 1 fully saturated rings. The molecule has 1 aromatic heterocycles. The molecule has 1 amide bonds. The molecule has 0 unspecified atom stereocenters. The molecule has 3 N–H and O–H groups in total. The number of benzene rings is 1. The summed E-state index contributed by atoms with van der Waals surface area (Å²) < 4.78 is 0. The number of aliphatic hydroxyl groups excluding tert-OH is 1. The van der Waals surface area contributed by atoms with Gasteiger partial charge in [-0.25, -0.2) is 0 Å². The Labute approximate surface area is 117 Å². The molecule has 20 heavy (non-hydrogen) atoms. The molecule has 0 spiro atoms. The van der Waals surface area contributed by atoms with Crippen molar-refractivity contribution >= 4 is 16.8 Å². The summed E-state index contributed by atoms with van der Waals surface area (Å²) in [5, 5.41) is 20.0. The van der Waals surface area contributed by atoms with Crippen molar-refractivity contribution in [2.75, 3.05) is 6.61 Å². The molecule has 1 heterocycles. The van der Waals surface area contributed by atoms with E-state index in [2.05, 4.69) is 15.5 Å². The van der Waals surface area contributed by atoms with Crippen molar-refractivity contribution in [3.63, 3.8) is 0 Å². The minimum absolute atomic E-state index is 0.0273. The maximum absolute atomic E-state index is 12.2. The molecular weight excluding hydrogens is 254 g/mol. The van der Waals surface area contributed by atoms with E-state index in [4.69, 9.17) is 5.11 Å². The number of aliphatic hydroxyl groups is 1. The average Bonchev–Trinajstić information content (AvgIpc) is 2.95. The number of hydrogen-bond acceptors (Lipinski definition) is 3. The lowest BCUT2D eigenvalue weighted by Crippen LogP contribution is -2.38. The van der Waals surface area contributed by atoms with Crippen molar-refractivity contribution in [1.29, 1.82) is 0 Å². The van der Waals surface area contributed by atoms with Gasteiger partial charge in [0.2, 0.25) is 0 Å². The van der Waals surface area contributed by atoms with E-state index in [9.17, 15) is 4.79 Å². The zero-order valence-electron chi connectivity index (χ0n) is 11.3. The van der Waals surface area contributed by atoms with E-state index in [0.717, 1.165) is 36.6 Å². The van der Waals surface area contributed by atoms with Crippen molar-refractivity contribution in [2.45, 2.75) is 31.7 Å². The van der Waals surface area contributed by atoms with Crippen molar-refractivity contribution in [1.82, 2.24) is 15.5 Å². The quantitative estimate of drug-likeness (QED) is 0.798. The van der Waals surface area contributed by atoms with Gasteiger partial charge in [-0.15, -0.1) is 0 Å². The summed E-state index contributed by atoms with van der Waals surface area (Å²) in [4.78, 5) is 12.2. The van der Waals surface area contributed by atoms with E-state index in [1.807, 2.05) is 18.2 Å². The fraction of sp³-hybridized carbons (Fsp3) is 0.467. The van der Waals surface area contributed by atoms with Gasteiger partial charge in [-0.2, -0.15) is 5.10 Å². The van der Waals surface area contributed by atoms with Crippen LogP contribution in [0.4, 0.5) is 0 Å². The number of carbonyl (C=O) groups is 1. The predicted molar refractivity (Wildman–Crippen MR) is 76.4 cm³/mol. The van der Waals surface area contributed by atoms with Crippen LogP contribution in [0.1, 0.15) is 36.0 Å². The number of rotatable bonds is 3. The van der Waals surface area contributed by atoms with Crippen LogP contribution >= 0.6 is 0 Å². The molecular formula is C15H19N3O2. The predicted octanol–water partition coefficient (Wildman–Crippen LogP) is 1.84. The second-order valence-electron chi connectivity index (χ2n) is 5.55. The Morgan fingerprint density at radius 1 is 1.35 bits per heavy atom. The third kappa shape index (κ3) is 2.67. The number of fused-ring (bicyclic) bond motifs is 1. The van der Waals surface area contributed by atoms with Crippen LogP contribution < -0.4 is 5.32 Å². The van der Waals surface area contributed by atoms with Gasteiger partial charge in [0.1, 0.15) is 0 Å². The third-order valence-corrected chi connectivity index (χ3v) is 4.14. The average molecular weight is 273 g/mol. The van der Waals surface area contributed by atoms with Crippen molar-refractivity contribution in [2.24, 2.45) is 5.92 Å². The molecule has 5 heteroatoms. The summed E-state index contributed by atoms with van der Waals surface area (Å²) in [5.74, 6) is 0.381. The number of nitrogens with zero attached hydrogens (tertiary/aromatic N) is 1. The standard InChI is InChI=1S/C15H19N3O2/c19-9-10-1-4-13(5-2-10)17-15(20)11-3-6-14-12(7-11)8-16-18-14/h3,6-8,10,13,19H,1-2,4-5,9H2,(H,16,18)(H,17,20). The molecule has 2 aromatic rings. The highest BCUT2D eigenvalue weighted by molar-refractivity contribution is 5.97. The minimum atomic E-state index is -0.0273. The lowest BCUT2D eigenvalue weighted by molar-refractivity contribution is 0.0914. The maximum Gasteiger partial charge on any atom is 0.251 e. The van der Waals surface area contributed by atoms with E-state index in [0.29, 0.717) is 11.5 Å². The van der Waals surface area contributed by atoms with Crippen molar-refractivity contribution in [3.8, 4) is 0 Å². The van der Waals surface area contributed by atoms with Crippen molar-refractivity contribution in [3.05, 3.63) is 30.0 Å². The first-order valence-electron chi connectivity index (χ1n) is 7.11. The van der Waals surface area contributed by atoms with Crippen LogP contribution in [0.2, 0.25) is 0 Å². The van der Waals surface area contributed by atoms with E-state index in [-0.39, 0.29) is 18.6 Å². The first kappa shape index (κ1) is 13.1. The highest BCUT2D eigenvalue weighted by atomic mass is 16.3. The molecule has 5 nitrogen and oxygen atoms in total. The third-order valence-electron chi connectivity index (χ3n) is 4.14. The molecule has 0 saturated heterocycles. The molecule has 0 aliphatic heterocycles. The van der Waals surface area contributed by atoms with Gasteiger partial charge < -0.3 is 10.4 Å². The summed E-state index contributed by atoms with van der Waals surface area (Å²) in [6.45, 7) is 0.262. The smallest absolute Gasteiger partial charge is 0.251 e. The first-order valence-corrected chi connectivity index (χ1v) is 7.11. The van der Waals surface area contributed by atoms with Crippen LogP contribution in [0.25, 0.3) is 10.9 Å². The SMILES string of the molecule is O=C(NC1CCC(CO)CC1)c1ccc2[nH]ncc2c1. The number of aromatic nitrogens is 2. The fourth-order valence-electron chi connectivity index (χ4n) is 2.84. The molecule has 0 radical (unpaired) electrons. The lowest BCUT2D eigenvalue weighted by atomic mass is 9.86. The Hall–Kier alpha value is -1.88. The first-order chi connectivity index (χ1) is 9.76. The molecule has 1 aromatic carbocycles. The summed E-state index contributed by atoms with van der Waals surface area (Å²) >= 11 is 0. The number of carbonyl (C=O) groups excluding carboxylic acids is 1. The van der Waals surface area contributed by atoms with Crippen molar-refractivity contribution < 1.29 is 9.90 Å². The van der Waals surface area contributed by atoms with Crippen LogP contribution in [0.5, 0.6) is 0 Å². The topological polar surface area (TPSA) is 78.0 Å². The molecule has 3 rings (SSSR count). The second-order valence-corrected chi connectivity index (χ2v) is 5.55. The highest BCUT2D eigenvalue weighted by Crippen LogP contribution is 2.24. The zero-order valence-corrected chi connectivity index (χ0v) is 11.3. The normalized spacial score (nSPS) is 22.9. The van der Waals surface area contributed by atoms with Crippen LogP contribution in [-0.4, -0.2) is 33.9 Å². The second kappa shape index (κ2) is 5.63. The summed E-state index contributed by atoms with van der Waals surface area (Å²) in [6, 6.07) is 5.77. The van der Waals surface area contributed by atoms with Gasteiger partial charge in [0.05, 0.1) is 11.7 Å². The van der Waals surface area contributed by atoms with Crippen LogP contribution in [0, 0.1) is 5.92 Å². The van der Waals surface area contributed by atoms with E-state index in [1.165, 1.54) is 0 Å². The molecule has 1 saturated carbocycles. The van der Waals surface area contributed by atoms with E-state index < -0.39 is 0 Å². The number of hydrogen-bond donors (Lipinski definition) is 3. The number of H-pyrrole nitrogens is 1. The van der Waals surface area contributed by atoms with Crippen LogP contribution in [0.15, 0.2) is 24.4 Å². The Bertz CT molecular complexity index is 600. The largest absolute Gasteiger partial charge is 0.396 e. The van der Waals surface area contributed by atoms with Gasteiger partial charge in [0.25, 0.3) is 5.91 Å². The summed E-state index contributed by atoms with van der Waals surface area (Å²) in [7, 11) is 0. The number of nitrogens with one attached hydrogen (secondary N) is 2. The number of amides is 1. The van der Waals surface area contributed by atoms with Crippen LogP contribution in [0.3, 0.4) is 0 Å². The van der Waals surface area contributed by atoms with Gasteiger partial charge in [-0.05, 0) is 49.8 Å². The minimum Gasteiger partial charge on any atom is -0.396 e. The Balaban J connectivity index is 1.64. The molecule has 0 atom stereocenters. The zero-order chi connectivity index (χ0) is 13.9. The van der Waals surface area contributed by atoms with Gasteiger partial charge in [0.15, 0.2) is 0 Å². The fourth-order valence-corrected chi connectivity index (χ4v) is 2.84. The van der Waals surface area contributed by atoms with Gasteiger partial charge in [0, 0.05) is 23.6 Å². The summed E-state index contributed by atoms with van der Waals surface area (Å²) in [5.41, 5.74) is 1.60. The van der Waals surface area contributed by atoms with Gasteiger partial charge in [-0.3, -0.25) is 9.89 Å². The van der Waals surface area contributed by atoms with E-state index >= 15 is 0 Å². The molecule has 106 valence electrons. The van der Waals surface area contributed by atoms with Crippen LogP contribution in [-0.2, 0) is 0 Å². The molecule has 0 bridgehead atoms. The maximum atomic E-state index is 12.2. The molecule has 1 aliphatic rings.